The first-order valence-corrected chi connectivity index (χ1v) is 13.9. The number of amides is 3. The Hall–Kier alpha value is -5.06. The highest BCUT2D eigenvalue weighted by Crippen LogP contribution is 2.32. The van der Waals surface area contributed by atoms with Crippen LogP contribution in [0.4, 0.5) is 0 Å². The molecule has 5 rings (SSSR count). The van der Waals surface area contributed by atoms with Gasteiger partial charge in [0, 0.05) is 50.2 Å². The van der Waals surface area contributed by atoms with Crippen molar-refractivity contribution in [2.45, 2.75) is 25.4 Å². The first-order valence-electron chi connectivity index (χ1n) is 13.9. The molecule has 1 aliphatic heterocycles. The molecule has 2 aromatic heterocycles. The molecule has 218 valence electrons. The lowest BCUT2D eigenvalue weighted by atomic mass is 10.1. The minimum absolute atomic E-state index is 0.215. The van der Waals surface area contributed by atoms with Crippen molar-refractivity contribution in [3.05, 3.63) is 90.5 Å². The number of rotatable bonds is 4. The van der Waals surface area contributed by atoms with Crippen molar-refractivity contribution in [1.82, 2.24) is 30.1 Å². The minimum atomic E-state index is -0.823. The van der Waals surface area contributed by atoms with E-state index in [-0.39, 0.29) is 31.5 Å². The van der Waals surface area contributed by atoms with E-state index in [0.29, 0.717) is 43.1 Å². The number of imidazole rings is 1. The van der Waals surface area contributed by atoms with Crippen LogP contribution < -0.4 is 20.1 Å². The van der Waals surface area contributed by atoms with Gasteiger partial charge in [-0.25, -0.2) is 4.98 Å². The lowest BCUT2D eigenvalue weighted by molar-refractivity contribution is -0.129. The van der Waals surface area contributed by atoms with E-state index in [1.165, 1.54) is 4.90 Å². The summed E-state index contributed by atoms with van der Waals surface area (Å²) >= 11 is 0. The molecule has 0 saturated heterocycles. The Morgan fingerprint density at radius 1 is 1.10 bits per heavy atom. The topological polar surface area (TPSA) is 131 Å². The van der Waals surface area contributed by atoms with Crippen molar-refractivity contribution in [2.75, 3.05) is 33.4 Å². The normalized spacial score (nSPS) is 16.7. The number of nitrogens with one attached hydrogen (secondary N) is 3. The van der Waals surface area contributed by atoms with Crippen LogP contribution in [-0.2, 0) is 22.6 Å². The third-order valence-corrected chi connectivity index (χ3v) is 7.00. The number of hydrogen-bond donors (Lipinski definition) is 3. The molecule has 0 fully saturated rings. The number of methoxy groups -OCH3 is 1. The Kier molecular flexibility index (Phi) is 9.17. The van der Waals surface area contributed by atoms with Crippen molar-refractivity contribution in [1.29, 1.82) is 0 Å². The third kappa shape index (κ3) is 6.98. The highest BCUT2D eigenvalue weighted by molar-refractivity contribution is 5.96. The maximum Gasteiger partial charge on any atom is 0.270 e. The average Bonchev–Trinajstić information content (AvgIpc) is 3.71. The summed E-state index contributed by atoms with van der Waals surface area (Å²) in [5.41, 5.74) is 2.11. The molecule has 0 saturated carbocycles. The molecule has 3 heterocycles. The molecule has 3 N–H and O–H groups in total. The standard InChI is InChI=1S/C31H34N6O5/c1-41-26-11-10-23-20-27(26)42-18-6-15-37(31(40)24-9-5-12-32-24)21-28(38)35-25(19-22-7-3-2-4-8-22)30(39)34-14-17-36-16-13-33-29(23)36/h2-5,7-13,16,20,25,32H,6,14-15,17-19,21H2,1H3,(H,34,39)(H,35,38)/t25-/m0/s1. The second-order valence-electron chi connectivity index (χ2n) is 9.92. The van der Waals surface area contributed by atoms with Crippen LogP contribution in [0.15, 0.2) is 79.3 Å². The highest BCUT2D eigenvalue weighted by Gasteiger charge is 2.25. The number of nitrogens with zero attached hydrogens (tertiary/aromatic N) is 3. The van der Waals surface area contributed by atoms with Gasteiger partial charge in [-0.15, -0.1) is 0 Å². The highest BCUT2D eigenvalue weighted by atomic mass is 16.5. The molecular weight excluding hydrogens is 536 g/mol. The fourth-order valence-corrected chi connectivity index (χ4v) is 4.90. The predicted octanol–water partition coefficient (Wildman–Crippen LogP) is 2.66. The summed E-state index contributed by atoms with van der Waals surface area (Å²) < 4.78 is 13.5. The number of ether oxygens (including phenoxy) is 2. The van der Waals surface area contributed by atoms with E-state index in [9.17, 15) is 14.4 Å². The summed E-state index contributed by atoms with van der Waals surface area (Å²) in [6.07, 6.45) is 5.98. The van der Waals surface area contributed by atoms with Crippen molar-refractivity contribution in [2.24, 2.45) is 0 Å². The summed E-state index contributed by atoms with van der Waals surface area (Å²) in [5, 5.41) is 5.82. The molecular formula is C31H34N6O5. The molecule has 0 aliphatic carbocycles. The number of fused-ring (bicyclic) bond motifs is 4. The Labute approximate surface area is 243 Å². The summed E-state index contributed by atoms with van der Waals surface area (Å²) in [6.45, 7) is 1.11. The van der Waals surface area contributed by atoms with Crippen LogP contribution in [0.5, 0.6) is 11.5 Å². The van der Waals surface area contributed by atoms with Gasteiger partial charge in [0.1, 0.15) is 17.6 Å². The Morgan fingerprint density at radius 2 is 1.95 bits per heavy atom. The monoisotopic (exact) mass is 570 g/mol. The van der Waals surface area contributed by atoms with E-state index < -0.39 is 11.9 Å². The van der Waals surface area contributed by atoms with E-state index in [1.54, 1.807) is 31.6 Å². The number of hydrogen-bond acceptors (Lipinski definition) is 6. The summed E-state index contributed by atoms with van der Waals surface area (Å²) in [5.74, 6) is 0.774. The average molecular weight is 571 g/mol. The van der Waals surface area contributed by atoms with E-state index in [2.05, 4.69) is 20.6 Å². The summed E-state index contributed by atoms with van der Waals surface area (Å²) in [6, 6.07) is 17.7. The summed E-state index contributed by atoms with van der Waals surface area (Å²) in [7, 11) is 1.57. The lowest BCUT2D eigenvalue weighted by Gasteiger charge is -2.24. The molecule has 2 bridgehead atoms. The molecule has 3 amide bonds. The predicted molar refractivity (Wildman–Crippen MR) is 156 cm³/mol. The SMILES string of the molecule is COc1ccc2cc1OCCCN(C(=O)c1ccc[nH]1)CC(=O)N[C@@H](Cc1ccccc1)C(=O)NCCn1ccnc1-2. The maximum absolute atomic E-state index is 13.4. The largest absolute Gasteiger partial charge is 0.493 e. The number of carbonyl (C=O) groups is 3. The van der Waals surface area contributed by atoms with Crippen molar-refractivity contribution in [3.63, 3.8) is 0 Å². The Bertz CT molecular complexity index is 1500. The van der Waals surface area contributed by atoms with Crippen LogP contribution in [-0.4, -0.2) is 76.5 Å². The Morgan fingerprint density at radius 3 is 2.74 bits per heavy atom. The molecule has 1 atom stereocenters. The minimum Gasteiger partial charge on any atom is -0.493 e. The van der Waals surface area contributed by atoms with Gasteiger partial charge in [-0.05, 0) is 42.3 Å². The molecule has 0 radical (unpaired) electrons. The van der Waals surface area contributed by atoms with Gasteiger partial charge in [-0.1, -0.05) is 30.3 Å². The van der Waals surface area contributed by atoms with Gasteiger partial charge in [-0.3, -0.25) is 14.4 Å². The summed E-state index contributed by atoms with van der Waals surface area (Å²) in [4.78, 5) is 48.8. The van der Waals surface area contributed by atoms with Crippen LogP contribution in [0.25, 0.3) is 11.4 Å². The van der Waals surface area contributed by atoms with E-state index in [4.69, 9.17) is 9.47 Å². The number of benzene rings is 2. The van der Waals surface area contributed by atoms with E-state index in [1.807, 2.05) is 59.3 Å². The lowest BCUT2D eigenvalue weighted by Crippen LogP contribution is -2.51. The molecule has 0 spiro atoms. The first kappa shape index (κ1) is 28.5. The van der Waals surface area contributed by atoms with E-state index >= 15 is 0 Å². The number of carbonyl (C=O) groups excluding carboxylic acids is 3. The van der Waals surface area contributed by atoms with Gasteiger partial charge in [-0.2, -0.15) is 0 Å². The zero-order valence-corrected chi connectivity index (χ0v) is 23.4. The first-order chi connectivity index (χ1) is 20.5. The van der Waals surface area contributed by atoms with E-state index in [0.717, 1.165) is 17.0 Å². The van der Waals surface area contributed by atoms with Gasteiger partial charge in [0.05, 0.1) is 20.3 Å². The molecule has 0 unspecified atom stereocenters. The Balaban J connectivity index is 1.43. The second kappa shape index (κ2) is 13.5. The van der Waals surface area contributed by atoms with Crippen LogP contribution in [0.1, 0.15) is 22.5 Å². The molecule has 2 aromatic carbocycles. The smallest absolute Gasteiger partial charge is 0.270 e. The number of H-pyrrole nitrogens is 1. The maximum atomic E-state index is 13.4. The van der Waals surface area contributed by atoms with Gasteiger partial charge in [0.25, 0.3) is 5.91 Å². The fraction of sp³-hybridized carbons (Fsp3) is 0.290. The van der Waals surface area contributed by atoms with Gasteiger partial charge in [0.15, 0.2) is 11.5 Å². The van der Waals surface area contributed by atoms with Crippen molar-refractivity contribution >= 4 is 17.7 Å². The second-order valence-corrected chi connectivity index (χ2v) is 9.92. The van der Waals surface area contributed by atoms with Gasteiger partial charge < -0.3 is 34.6 Å². The molecule has 11 heteroatoms. The van der Waals surface area contributed by atoms with Crippen LogP contribution in [0, 0.1) is 0 Å². The van der Waals surface area contributed by atoms with Crippen molar-refractivity contribution < 1.29 is 23.9 Å². The van der Waals surface area contributed by atoms with Crippen LogP contribution in [0.3, 0.4) is 0 Å². The quantitative estimate of drug-likeness (QED) is 0.346. The zero-order chi connectivity index (χ0) is 29.3. The third-order valence-electron chi connectivity index (χ3n) is 7.00. The van der Waals surface area contributed by atoms with Crippen molar-refractivity contribution in [3.8, 4) is 22.9 Å². The van der Waals surface area contributed by atoms with Gasteiger partial charge in [0.2, 0.25) is 11.8 Å². The molecule has 1 aliphatic rings. The fourth-order valence-electron chi connectivity index (χ4n) is 4.90. The zero-order valence-electron chi connectivity index (χ0n) is 23.4. The molecule has 42 heavy (non-hydrogen) atoms. The number of aromatic nitrogens is 3. The molecule has 11 nitrogen and oxygen atoms in total. The van der Waals surface area contributed by atoms with Gasteiger partial charge >= 0.3 is 0 Å². The van der Waals surface area contributed by atoms with Crippen LogP contribution in [0.2, 0.25) is 0 Å². The number of aromatic amines is 1. The molecule has 4 aromatic rings. The van der Waals surface area contributed by atoms with Crippen LogP contribution >= 0.6 is 0 Å².